The Labute approximate surface area is 104 Å². The van der Waals surface area contributed by atoms with Crippen LogP contribution in [0.5, 0.6) is 0 Å². The molecule has 1 heterocycles. The lowest BCUT2D eigenvalue weighted by molar-refractivity contribution is -0.141. The second-order valence-electron chi connectivity index (χ2n) is 3.14. The molecule has 96 valence electrons. The lowest BCUT2D eigenvalue weighted by atomic mass is 10.3. The molecule has 7 nitrogen and oxygen atoms in total. The quantitative estimate of drug-likeness (QED) is 0.446. The molecule has 0 aliphatic heterocycles. The number of pyridine rings is 1. The molecule has 0 saturated carbocycles. The van der Waals surface area contributed by atoms with E-state index in [0.717, 1.165) is 5.56 Å². The Morgan fingerprint density at radius 3 is 3.06 bits per heavy atom. The minimum atomic E-state index is -0.580. The zero-order chi connectivity index (χ0) is 13.2. The Morgan fingerprint density at radius 1 is 1.56 bits per heavy atom. The predicted molar refractivity (Wildman–Crippen MR) is 65.0 cm³/mol. The molecular weight excluding hydrogens is 236 g/mol. The van der Waals surface area contributed by atoms with Gasteiger partial charge in [-0.3, -0.25) is 9.78 Å². The normalized spacial score (nSPS) is 10.1. The highest BCUT2D eigenvalue weighted by molar-refractivity contribution is 5.83. The average Bonchev–Trinajstić information content (AvgIpc) is 2.38. The smallest absolute Gasteiger partial charge is 0.335 e. The summed E-state index contributed by atoms with van der Waals surface area (Å²) in [4.78, 5) is 26.0. The monoisotopic (exact) mass is 250 g/mol. The number of carbonyl (C=O) groups is 2. The molecule has 0 spiro atoms. The minimum absolute atomic E-state index is 0.192. The summed E-state index contributed by atoms with van der Waals surface area (Å²) in [5.41, 5.74) is 2.97. The number of carbonyl (C=O) groups excluding carboxylic acids is 2. The molecule has 0 aliphatic carbocycles. The molecule has 18 heavy (non-hydrogen) atoms. The fourth-order valence-corrected chi connectivity index (χ4v) is 1.02. The molecule has 0 radical (unpaired) electrons. The van der Waals surface area contributed by atoms with Crippen molar-refractivity contribution < 1.29 is 14.3 Å². The highest BCUT2D eigenvalue weighted by atomic mass is 16.5. The van der Waals surface area contributed by atoms with Crippen molar-refractivity contribution in [1.82, 2.24) is 15.7 Å². The van der Waals surface area contributed by atoms with E-state index in [-0.39, 0.29) is 13.2 Å². The van der Waals surface area contributed by atoms with Crippen LogP contribution in [0.25, 0.3) is 0 Å². The van der Waals surface area contributed by atoms with Gasteiger partial charge in [0.2, 0.25) is 0 Å². The number of aromatic nitrogens is 1. The van der Waals surface area contributed by atoms with Gasteiger partial charge in [-0.25, -0.2) is 10.2 Å². The van der Waals surface area contributed by atoms with E-state index in [1.54, 1.807) is 31.5 Å². The molecule has 0 saturated heterocycles. The third-order valence-electron chi connectivity index (χ3n) is 1.76. The Bertz CT molecular complexity index is 420. The number of ether oxygens (including phenoxy) is 1. The van der Waals surface area contributed by atoms with Gasteiger partial charge in [-0.05, 0) is 13.0 Å². The number of hydrogen-bond acceptors (Lipinski definition) is 5. The van der Waals surface area contributed by atoms with Crippen LogP contribution in [0.1, 0.15) is 12.5 Å². The molecule has 0 bridgehead atoms. The summed E-state index contributed by atoms with van der Waals surface area (Å²) in [5.74, 6) is -0.496. The van der Waals surface area contributed by atoms with Gasteiger partial charge in [-0.2, -0.15) is 5.10 Å². The summed E-state index contributed by atoms with van der Waals surface area (Å²) in [6.45, 7) is 1.78. The van der Waals surface area contributed by atoms with Crippen molar-refractivity contribution in [2.24, 2.45) is 5.10 Å². The number of urea groups is 1. The van der Waals surface area contributed by atoms with Crippen LogP contribution >= 0.6 is 0 Å². The van der Waals surface area contributed by atoms with Crippen molar-refractivity contribution in [2.45, 2.75) is 6.92 Å². The molecule has 0 aromatic carbocycles. The van der Waals surface area contributed by atoms with Crippen LogP contribution in [0.4, 0.5) is 4.79 Å². The number of nitrogens with one attached hydrogen (secondary N) is 2. The molecule has 2 amide bonds. The van der Waals surface area contributed by atoms with Crippen molar-refractivity contribution in [3.05, 3.63) is 30.1 Å². The minimum Gasteiger partial charge on any atom is -0.465 e. The van der Waals surface area contributed by atoms with Crippen LogP contribution < -0.4 is 10.7 Å². The molecule has 1 aromatic heterocycles. The van der Waals surface area contributed by atoms with Crippen LogP contribution in [0.3, 0.4) is 0 Å². The first kappa shape index (κ1) is 13.6. The summed E-state index contributed by atoms with van der Waals surface area (Å²) < 4.78 is 4.64. The first-order chi connectivity index (χ1) is 8.72. The molecule has 0 unspecified atom stereocenters. The van der Waals surface area contributed by atoms with Crippen LogP contribution in [0, 0.1) is 0 Å². The van der Waals surface area contributed by atoms with Crippen LogP contribution in [0.15, 0.2) is 29.6 Å². The van der Waals surface area contributed by atoms with E-state index in [9.17, 15) is 9.59 Å². The van der Waals surface area contributed by atoms with Crippen molar-refractivity contribution in [2.75, 3.05) is 13.2 Å². The zero-order valence-corrected chi connectivity index (χ0v) is 9.92. The summed E-state index contributed by atoms with van der Waals surface area (Å²) in [6, 6.07) is 2.96. The Morgan fingerprint density at radius 2 is 2.39 bits per heavy atom. The highest BCUT2D eigenvalue weighted by Gasteiger charge is 2.03. The van der Waals surface area contributed by atoms with E-state index in [4.69, 9.17) is 0 Å². The molecule has 2 N–H and O–H groups in total. The van der Waals surface area contributed by atoms with Crippen LogP contribution in [0.2, 0.25) is 0 Å². The Kier molecular flexibility index (Phi) is 5.88. The maximum absolute atomic E-state index is 11.2. The summed E-state index contributed by atoms with van der Waals surface area (Å²) in [7, 11) is 0. The topological polar surface area (TPSA) is 92.7 Å². The summed E-state index contributed by atoms with van der Waals surface area (Å²) >= 11 is 0. The summed E-state index contributed by atoms with van der Waals surface area (Å²) in [5, 5.41) is 5.99. The van der Waals surface area contributed by atoms with E-state index < -0.39 is 12.0 Å². The largest absolute Gasteiger partial charge is 0.465 e. The fraction of sp³-hybridized carbons (Fsp3) is 0.273. The second kappa shape index (κ2) is 7.77. The molecule has 1 rings (SSSR count). The number of hydrogen-bond donors (Lipinski definition) is 2. The summed E-state index contributed by atoms with van der Waals surface area (Å²) in [6.07, 6.45) is 4.68. The van der Waals surface area contributed by atoms with E-state index in [2.05, 4.69) is 25.6 Å². The van der Waals surface area contributed by atoms with E-state index in [1.165, 1.54) is 6.21 Å². The Hall–Kier alpha value is -2.44. The maximum atomic E-state index is 11.2. The first-order valence-corrected chi connectivity index (χ1v) is 5.35. The van der Waals surface area contributed by atoms with Crippen molar-refractivity contribution in [3.8, 4) is 0 Å². The van der Waals surface area contributed by atoms with E-state index in [0.29, 0.717) is 0 Å². The lowest BCUT2D eigenvalue weighted by Gasteiger charge is -2.03. The molecule has 1 aromatic rings. The van der Waals surface area contributed by atoms with E-state index in [1.807, 2.05) is 0 Å². The molecule has 0 aliphatic rings. The lowest BCUT2D eigenvalue weighted by Crippen LogP contribution is -2.36. The third-order valence-corrected chi connectivity index (χ3v) is 1.76. The van der Waals surface area contributed by atoms with Crippen molar-refractivity contribution in [3.63, 3.8) is 0 Å². The molecule has 7 heteroatoms. The van der Waals surface area contributed by atoms with Crippen LogP contribution in [-0.4, -0.2) is 36.4 Å². The maximum Gasteiger partial charge on any atom is 0.335 e. The average molecular weight is 250 g/mol. The van der Waals surface area contributed by atoms with Crippen molar-refractivity contribution in [1.29, 1.82) is 0 Å². The number of amides is 2. The van der Waals surface area contributed by atoms with Gasteiger partial charge in [0.1, 0.15) is 6.54 Å². The van der Waals surface area contributed by atoms with Gasteiger partial charge < -0.3 is 10.1 Å². The number of esters is 1. The number of nitrogens with zero attached hydrogens (tertiary/aromatic N) is 2. The number of rotatable bonds is 5. The zero-order valence-electron chi connectivity index (χ0n) is 9.92. The van der Waals surface area contributed by atoms with Crippen molar-refractivity contribution >= 4 is 18.2 Å². The SMILES string of the molecule is CCOC(=O)CNC(=O)N/N=C/c1cccnc1. The van der Waals surface area contributed by atoms with Gasteiger partial charge in [0.05, 0.1) is 12.8 Å². The predicted octanol–water partition coefficient (Wildman–Crippen LogP) is 0.278. The molecule has 0 atom stereocenters. The van der Waals surface area contributed by atoms with Crippen LogP contribution in [-0.2, 0) is 9.53 Å². The van der Waals surface area contributed by atoms with E-state index >= 15 is 0 Å². The first-order valence-electron chi connectivity index (χ1n) is 5.35. The fourth-order valence-electron chi connectivity index (χ4n) is 1.02. The van der Waals surface area contributed by atoms with Gasteiger partial charge in [-0.15, -0.1) is 0 Å². The highest BCUT2D eigenvalue weighted by Crippen LogP contribution is 1.89. The van der Waals surface area contributed by atoms with Gasteiger partial charge >= 0.3 is 12.0 Å². The van der Waals surface area contributed by atoms with Gasteiger partial charge in [-0.1, -0.05) is 6.07 Å². The Balaban J connectivity index is 2.25. The van der Waals surface area contributed by atoms with Gasteiger partial charge in [0, 0.05) is 18.0 Å². The molecule has 0 fully saturated rings. The number of hydrazone groups is 1. The van der Waals surface area contributed by atoms with Gasteiger partial charge in [0.25, 0.3) is 0 Å². The molecular formula is C11H14N4O3. The second-order valence-corrected chi connectivity index (χ2v) is 3.14. The van der Waals surface area contributed by atoms with Gasteiger partial charge in [0.15, 0.2) is 0 Å². The third kappa shape index (κ3) is 5.59. The standard InChI is InChI=1S/C11H14N4O3/c1-2-18-10(16)8-13-11(17)15-14-7-9-4-3-5-12-6-9/h3-7H,2,8H2,1H3,(H2,13,15,17)/b14-7+.